The third-order valence-corrected chi connectivity index (χ3v) is 4.78. The quantitative estimate of drug-likeness (QED) is 0.431. The van der Waals surface area contributed by atoms with Crippen molar-refractivity contribution in [2.45, 2.75) is 26.3 Å². The molecule has 0 radical (unpaired) electrons. The van der Waals surface area contributed by atoms with Crippen LogP contribution >= 0.6 is 0 Å². The lowest BCUT2D eigenvalue weighted by molar-refractivity contribution is -0.384. The molecule has 0 unspecified atom stereocenters. The lowest BCUT2D eigenvalue weighted by atomic mass is 9.99. The maximum atomic E-state index is 12.2. The van der Waals surface area contributed by atoms with Crippen LogP contribution in [0.1, 0.15) is 35.9 Å². The summed E-state index contributed by atoms with van der Waals surface area (Å²) in [6.45, 7) is 3.28. The SMILES string of the molecule is C[C@H]1CCCN(c2ccc(C(=O)OCC(=O)NCc3ccco3)cc2[N+](=O)[O-])C1. The van der Waals surface area contributed by atoms with Gasteiger partial charge in [0, 0.05) is 19.2 Å². The molecule has 1 amide bonds. The molecule has 0 bridgehead atoms. The van der Waals surface area contributed by atoms with Gasteiger partial charge in [0.15, 0.2) is 6.61 Å². The van der Waals surface area contributed by atoms with E-state index in [2.05, 4.69) is 12.2 Å². The van der Waals surface area contributed by atoms with Crippen LogP contribution in [0.25, 0.3) is 0 Å². The minimum atomic E-state index is -0.792. The van der Waals surface area contributed by atoms with Crippen LogP contribution in [0.15, 0.2) is 41.0 Å². The van der Waals surface area contributed by atoms with Crippen molar-refractivity contribution >= 4 is 23.3 Å². The van der Waals surface area contributed by atoms with Gasteiger partial charge in [0.05, 0.1) is 23.3 Å². The van der Waals surface area contributed by atoms with Gasteiger partial charge in [-0.3, -0.25) is 14.9 Å². The number of ether oxygens (including phenoxy) is 1. The van der Waals surface area contributed by atoms with E-state index < -0.39 is 23.4 Å². The highest BCUT2D eigenvalue weighted by Gasteiger charge is 2.25. The van der Waals surface area contributed by atoms with E-state index in [1.165, 1.54) is 18.4 Å². The second-order valence-corrected chi connectivity index (χ2v) is 7.09. The van der Waals surface area contributed by atoms with Crippen molar-refractivity contribution in [2.75, 3.05) is 24.6 Å². The Morgan fingerprint density at radius 2 is 2.21 bits per heavy atom. The lowest BCUT2D eigenvalue weighted by Crippen LogP contribution is -2.34. The number of carbonyl (C=O) groups is 2. The van der Waals surface area contributed by atoms with Crippen molar-refractivity contribution < 1.29 is 23.7 Å². The largest absolute Gasteiger partial charge is 0.467 e. The molecule has 1 N–H and O–H groups in total. The minimum absolute atomic E-state index is 0.0318. The molecule has 3 rings (SSSR count). The number of esters is 1. The van der Waals surface area contributed by atoms with Crippen molar-refractivity contribution in [1.82, 2.24) is 5.32 Å². The third kappa shape index (κ3) is 5.34. The Hall–Kier alpha value is -3.36. The fourth-order valence-corrected chi connectivity index (χ4v) is 3.34. The zero-order valence-corrected chi connectivity index (χ0v) is 16.1. The van der Waals surface area contributed by atoms with E-state index in [1.54, 1.807) is 18.2 Å². The summed E-state index contributed by atoms with van der Waals surface area (Å²) in [5.41, 5.74) is 0.384. The van der Waals surface area contributed by atoms with E-state index in [1.807, 2.05) is 4.90 Å². The van der Waals surface area contributed by atoms with Gasteiger partial charge in [-0.15, -0.1) is 0 Å². The van der Waals surface area contributed by atoms with Gasteiger partial charge in [-0.2, -0.15) is 0 Å². The number of nitro groups is 1. The Balaban J connectivity index is 1.62. The molecule has 9 heteroatoms. The number of benzene rings is 1. The molecular weight excluding hydrogens is 378 g/mol. The first-order chi connectivity index (χ1) is 13.9. The van der Waals surface area contributed by atoms with Crippen LogP contribution in [-0.2, 0) is 16.1 Å². The summed E-state index contributed by atoms with van der Waals surface area (Å²) in [5, 5.41) is 14.1. The van der Waals surface area contributed by atoms with Gasteiger partial charge in [-0.1, -0.05) is 6.92 Å². The fraction of sp³-hybridized carbons (Fsp3) is 0.400. The van der Waals surface area contributed by atoms with Gasteiger partial charge in [-0.05, 0) is 43.0 Å². The van der Waals surface area contributed by atoms with E-state index in [4.69, 9.17) is 9.15 Å². The lowest BCUT2D eigenvalue weighted by Gasteiger charge is -2.32. The molecule has 1 aliphatic heterocycles. The van der Waals surface area contributed by atoms with Crippen LogP contribution in [0.4, 0.5) is 11.4 Å². The first kappa shape index (κ1) is 20.4. The maximum absolute atomic E-state index is 12.2. The summed E-state index contributed by atoms with van der Waals surface area (Å²) in [5.74, 6) is -0.265. The van der Waals surface area contributed by atoms with E-state index in [-0.39, 0.29) is 17.8 Å². The van der Waals surface area contributed by atoms with Gasteiger partial charge in [-0.25, -0.2) is 4.79 Å². The number of piperidine rings is 1. The van der Waals surface area contributed by atoms with Crippen LogP contribution in [0, 0.1) is 16.0 Å². The number of rotatable bonds is 7. The molecule has 0 aliphatic carbocycles. The molecule has 1 saturated heterocycles. The molecule has 1 fully saturated rings. The average Bonchev–Trinajstić information content (AvgIpc) is 3.23. The van der Waals surface area contributed by atoms with E-state index in [0.717, 1.165) is 25.9 Å². The summed E-state index contributed by atoms with van der Waals surface area (Å²) in [6.07, 6.45) is 3.55. The van der Waals surface area contributed by atoms with Crippen molar-refractivity contribution in [3.63, 3.8) is 0 Å². The molecule has 9 nitrogen and oxygen atoms in total. The Morgan fingerprint density at radius 3 is 2.90 bits per heavy atom. The first-order valence-corrected chi connectivity index (χ1v) is 9.43. The molecule has 1 aliphatic rings. The fourth-order valence-electron chi connectivity index (χ4n) is 3.34. The number of nitro benzene ring substituents is 1. The van der Waals surface area contributed by atoms with E-state index in [9.17, 15) is 19.7 Å². The Morgan fingerprint density at radius 1 is 1.38 bits per heavy atom. The van der Waals surface area contributed by atoms with Gasteiger partial charge in [0.1, 0.15) is 11.4 Å². The maximum Gasteiger partial charge on any atom is 0.338 e. The molecule has 1 aromatic heterocycles. The smallest absolute Gasteiger partial charge is 0.338 e. The van der Waals surface area contributed by atoms with Gasteiger partial charge < -0.3 is 19.4 Å². The summed E-state index contributed by atoms with van der Waals surface area (Å²) in [7, 11) is 0. The highest BCUT2D eigenvalue weighted by molar-refractivity contribution is 5.93. The van der Waals surface area contributed by atoms with Crippen LogP contribution in [0.5, 0.6) is 0 Å². The minimum Gasteiger partial charge on any atom is -0.467 e. The predicted octanol–water partition coefficient (Wildman–Crippen LogP) is 2.90. The summed E-state index contributed by atoms with van der Waals surface area (Å²) < 4.78 is 10.1. The Kier molecular flexibility index (Phi) is 6.48. The molecule has 1 aromatic carbocycles. The molecule has 154 valence electrons. The van der Waals surface area contributed by atoms with E-state index in [0.29, 0.717) is 17.4 Å². The number of furan rings is 1. The number of nitrogens with zero attached hydrogens (tertiary/aromatic N) is 2. The number of hydrogen-bond acceptors (Lipinski definition) is 7. The normalized spacial score (nSPS) is 16.3. The van der Waals surface area contributed by atoms with Crippen LogP contribution in [-0.4, -0.2) is 36.5 Å². The topological polar surface area (TPSA) is 115 Å². The van der Waals surface area contributed by atoms with Gasteiger partial charge in [0.25, 0.3) is 11.6 Å². The molecule has 0 spiro atoms. The number of nitrogens with one attached hydrogen (secondary N) is 1. The van der Waals surface area contributed by atoms with Crippen LogP contribution in [0.2, 0.25) is 0 Å². The highest BCUT2D eigenvalue weighted by Crippen LogP contribution is 2.32. The number of amides is 1. The van der Waals surface area contributed by atoms with Crippen molar-refractivity contribution in [1.29, 1.82) is 0 Å². The summed E-state index contributed by atoms with van der Waals surface area (Å²) in [4.78, 5) is 37.1. The average molecular weight is 401 g/mol. The third-order valence-electron chi connectivity index (χ3n) is 4.78. The number of anilines is 1. The molecule has 2 heterocycles. The van der Waals surface area contributed by atoms with E-state index >= 15 is 0 Å². The molecule has 1 atom stereocenters. The van der Waals surface area contributed by atoms with Crippen molar-refractivity contribution in [2.24, 2.45) is 5.92 Å². The Labute approximate surface area is 167 Å². The zero-order chi connectivity index (χ0) is 20.8. The second kappa shape index (κ2) is 9.22. The first-order valence-electron chi connectivity index (χ1n) is 9.43. The molecule has 2 aromatic rings. The van der Waals surface area contributed by atoms with Gasteiger partial charge in [0.2, 0.25) is 0 Å². The number of carbonyl (C=O) groups excluding carboxylic acids is 2. The molecular formula is C20H23N3O6. The zero-order valence-electron chi connectivity index (χ0n) is 16.1. The monoisotopic (exact) mass is 401 g/mol. The Bertz CT molecular complexity index is 880. The van der Waals surface area contributed by atoms with Crippen LogP contribution in [0.3, 0.4) is 0 Å². The predicted molar refractivity (Wildman–Crippen MR) is 105 cm³/mol. The number of hydrogen-bond donors (Lipinski definition) is 1. The highest BCUT2D eigenvalue weighted by atomic mass is 16.6. The summed E-state index contributed by atoms with van der Waals surface area (Å²) in [6, 6.07) is 7.67. The second-order valence-electron chi connectivity index (χ2n) is 7.09. The van der Waals surface area contributed by atoms with Crippen LogP contribution < -0.4 is 10.2 Å². The molecule has 29 heavy (non-hydrogen) atoms. The van der Waals surface area contributed by atoms with Crippen molar-refractivity contribution in [3.05, 3.63) is 58.0 Å². The summed E-state index contributed by atoms with van der Waals surface area (Å²) >= 11 is 0. The van der Waals surface area contributed by atoms with Gasteiger partial charge >= 0.3 is 5.97 Å². The standard InChI is InChI=1S/C20H23N3O6/c1-14-4-2-8-22(12-14)17-7-6-15(10-18(17)23(26)27)20(25)29-13-19(24)21-11-16-5-3-9-28-16/h3,5-7,9-10,14H,2,4,8,11-13H2,1H3,(H,21,24)/t14-/m0/s1. The molecule has 0 saturated carbocycles. The van der Waals surface area contributed by atoms with Crippen molar-refractivity contribution in [3.8, 4) is 0 Å².